The van der Waals surface area contributed by atoms with Crippen LogP contribution in [0.4, 0.5) is 13.2 Å². The molecule has 3 rings (SSSR count). The fourth-order valence-corrected chi connectivity index (χ4v) is 3.52. The number of piperidine rings is 1. The molecule has 31 heavy (non-hydrogen) atoms. The zero-order chi connectivity index (χ0) is 21.6. The first kappa shape index (κ1) is 25.0. The van der Waals surface area contributed by atoms with Crippen LogP contribution < -0.4 is 5.32 Å². The SMILES string of the molecule is CCNC(=NCC#Cc1ccc(C(F)(F)F)cc1)N1CCC(C)C(n2ccnc2)C1.I. The third-order valence-electron chi connectivity index (χ3n) is 5.21. The fourth-order valence-electron chi connectivity index (χ4n) is 3.52. The van der Waals surface area contributed by atoms with E-state index in [4.69, 9.17) is 0 Å². The van der Waals surface area contributed by atoms with Gasteiger partial charge in [0.25, 0.3) is 0 Å². The second kappa shape index (κ2) is 11.4. The van der Waals surface area contributed by atoms with Crippen molar-refractivity contribution in [2.24, 2.45) is 10.9 Å². The van der Waals surface area contributed by atoms with Crippen molar-refractivity contribution in [3.63, 3.8) is 0 Å². The van der Waals surface area contributed by atoms with Crippen LogP contribution in [0, 0.1) is 17.8 Å². The highest BCUT2D eigenvalue weighted by Gasteiger charge is 2.30. The maximum absolute atomic E-state index is 12.6. The summed E-state index contributed by atoms with van der Waals surface area (Å²) in [5, 5.41) is 3.31. The molecule has 1 aromatic heterocycles. The van der Waals surface area contributed by atoms with Crippen molar-refractivity contribution in [3.8, 4) is 11.8 Å². The number of aromatic nitrogens is 2. The topological polar surface area (TPSA) is 45.5 Å². The van der Waals surface area contributed by atoms with Gasteiger partial charge in [-0.2, -0.15) is 13.2 Å². The predicted molar refractivity (Wildman–Crippen MR) is 126 cm³/mol. The van der Waals surface area contributed by atoms with Crippen LogP contribution in [0.25, 0.3) is 0 Å². The average molecular weight is 545 g/mol. The van der Waals surface area contributed by atoms with Crippen LogP contribution >= 0.6 is 24.0 Å². The summed E-state index contributed by atoms with van der Waals surface area (Å²) in [5.74, 6) is 7.16. The van der Waals surface area contributed by atoms with Gasteiger partial charge in [0.2, 0.25) is 0 Å². The number of rotatable bonds is 3. The number of likely N-dealkylation sites (tertiary alicyclic amines) is 1. The maximum Gasteiger partial charge on any atom is 0.416 e. The molecule has 0 spiro atoms. The first-order chi connectivity index (χ1) is 14.4. The molecule has 1 saturated heterocycles. The Morgan fingerprint density at radius 1 is 1.29 bits per heavy atom. The molecular formula is C22H27F3IN5. The zero-order valence-corrected chi connectivity index (χ0v) is 19.9. The van der Waals surface area contributed by atoms with Crippen LogP contribution in [-0.4, -0.2) is 46.6 Å². The quantitative estimate of drug-likeness (QED) is 0.269. The molecule has 0 bridgehead atoms. The smallest absolute Gasteiger partial charge is 0.356 e. The van der Waals surface area contributed by atoms with Crippen molar-refractivity contribution in [2.45, 2.75) is 32.5 Å². The highest BCUT2D eigenvalue weighted by Crippen LogP contribution is 2.29. The largest absolute Gasteiger partial charge is 0.416 e. The zero-order valence-electron chi connectivity index (χ0n) is 17.6. The molecule has 9 heteroatoms. The summed E-state index contributed by atoms with van der Waals surface area (Å²) in [7, 11) is 0. The van der Waals surface area contributed by atoms with Gasteiger partial charge in [-0.3, -0.25) is 0 Å². The Morgan fingerprint density at radius 2 is 2.03 bits per heavy atom. The highest BCUT2D eigenvalue weighted by atomic mass is 127. The Labute approximate surface area is 198 Å². The normalized spacial score (nSPS) is 19.3. The van der Waals surface area contributed by atoms with Crippen LogP contribution in [0.1, 0.15) is 37.4 Å². The predicted octanol–water partition coefficient (Wildman–Crippen LogP) is 4.42. The lowest BCUT2D eigenvalue weighted by atomic mass is 9.93. The van der Waals surface area contributed by atoms with Crippen molar-refractivity contribution < 1.29 is 13.2 Å². The number of imidazole rings is 1. The Kier molecular flexibility index (Phi) is 9.22. The van der Waals surface area contributed by atoms with E-state index in [1.807, 2.05) is 19.4 Å². The number of hydrogen-bond acceptors (Lipinski definition) is 2. The molecule has 168 valence electrons. The second-order valence-corrected chi connectivity index (χ2v) is 7.34. The van der Waals surface area contributed by atoms with Gasteiger partial charge in [-0.05, 0) is 43.5 Å². The van der Waals surface area contributed by atoms with E-state index < -0.39 is 11.7 Å². The van der Waals surface area contributed by atoms with Gasteiger partial charge in [-0.1, -0.05) is 18.8 Å². The van der Waals surface area contributed by atoms with Crippen LogP contribution in [0.3, 0.4) is 0 Å². The number of alkyl halides is 3. The number of halogens is 4. The summed E-state index contributed by atoms with van der Waals surface area (Å²) in [6.07, 6.45) is 2.35. The molecule has 2 atom stereocenters. The number of aliphatic imine (C=N–C) groups is 1. The van der Waals surface area contributed by atoms with Crippen molar-refractivity contribution >= 4 is 29.9 Å². The molecule has 0 saturated carbocycles. The van der Waals surface area contributed by atoms with Gasteiger partial charge >= 0.3 is 6.18 Å². The summed E-state index contributed by atoms with van der Waals surface area (Å²) in [4.78, 5) is 11.0. The molecular weight excluding hydrogens is 518 g/mol. The van der Waals surface area contributed by atoms with E-state index in [2.05, 4.69) is 43.5 Å². The number of benzene rings is 1. The number of hydrogen-bond donors (Lipinski definition) is 1. The van der Waals surface area contributed by atoms with Gasteiger partial charge in [0.15, 0.2) is 5.96 Å². The van der Waals surface area contributed by atoms with Gasteiger partial charge in [0, 0.05) is 37.6 Å². The van der Waals surface area contributed by atoms with E-state index in [9.17, 15) is 13.2 Å². The van der Waals surface area contributed by atoms with Gasteiger partial charge in [-0.15, -0.1) is 24.0 Å². The minimum absolute atomic E-state index is 0. The Morgan fingerprint density at radius 3 is 2.65 bits per heavy atom. The molecule has 1 aliphatic heterocycles. The van der Waals surface area contributed by atoms with Crippen molar-refractivity contribution in [1.82, 2.24) is 19.8 Å². The lowest BCUT2D eigenvalue weighted by molar-refractivity contribution is -0.137. The molecule has 2 aromatic rings. The van der Waals surface area contributed by atoms with E-state index >= 15 is 0 Å². The second-order valence-electron chi connectivity index (χ2n) is 7.34. The monoisotopic (exact) mass is 545 g/mol. The lowest BCUT2D eigenvalue weighted by Crippen LogP contribution is -2.49. The van der Waals surface area contributed by atoms with Crippen molar-refractivity contribution in [1.29, 1.82) is 0 Å². The molecule has 2 heterocycles. The molecule has 1 aromatic carbocycles. The van der Waals surface area contributed by atoms with Gasteiger partial charge in [0.1, 0.15) is 6.54 Å². The number of nitrogens with zero attached hydrogens (tertiary/aromatic N) is 4. The minimum atomic E-state index is -4.34. The summed E-state index contributed by atoms with van der Waals surface area (Å²) in [5.41, 5.74) is -0.137. The lowest BCUT2D eigenvalue weighted by Gasteiger charge is -2.39. The molecule has 2 unspecified atom stereocenters. The van der Waals surface area contributed by atoms with E-state index in [-0.39, 0.29) is 30.5 Å². The third kappa shape index (κ3) is 6.89. The van der Waals surface area contributed by atoms with E-state index in [1.165, 1.54) is 12.1 Å². The summed E-state index contributed by atoms with van der Waals surface area (Å²) < 4.78 is 40.1. The Balaban J connectivity index is 0.00000341. The number of guanidine groups is 1. The molecule has 1 fully saturated rings. The van der Waals surface area contributed by atoms with Gasteiger partial charge < -0.3 is 14.8 Å². The average Bonchev–Trinajstić information content (AvgIpc) is 3.25. The standard InChI is InChI=1S/C22H26F3N5.HI/c1-3-27-21(29-13-10-17(2)20(15-29)30-14-12-26-16-30)28-11-4-5-18-6-8-19(9-7-18)22(23,24)25;/h6-9,12,14,16-17,20H,3,10-11,13,15H2,1-2H3,(H,27,28);1H. The molecule has 0 radical (unpaired) electrons. The summed E-state index contributed by atoms with van der Waals surface area (Å²) in [6.45, 7) is 7.02. The molecule has 1 aliphatic rings. The Hall–Kier alpha value is -2.22. The van der Waals surface area contributed by atoms with Crippen LogP contribution in [0.15, 0.2) is 48.0 Å². The van der Waals surface area contributed by atoms with E-state index in [0.717, 1.165) is 44.1 Å². The van der Waals surface area contributed by atoms with Gasteiger partial charge in [0.05, 0.1) is 17.9 Å². The summed E-state index contributed by atoms with van der Waals surface area (Å²) in [6, 6.07) is 5.17. The van der Waals surface area contributed by atoms with E-state index in [1.54, 1.807) is 6.20 Å². The van der Waals surface area contributed by atoms with Crippen molar-refractivity contribution in [3.05, 3.63) is 54.1 Å². The highest BCUT2D eigenvalue weighted by molar-refractivity contribution is 14.0. The fraction of sp³-hybridized carbons (Fsp3) is 0.455. The van der Waals surface area contributed by atoms with Crippen LogP contribution in [0.2, 0.25) is 0 Å². The molecule has 0 aliphatic carbocycles. The summed E-state index contributed by atoms with van der Waals surface area (Å²) >= 11 is 0. The van der Waals surface area contributed by atoms with E-state index in [0.29, 0.717) is 17.5 Å². The molecule has 5 nitrogen and oxygen atoms in total. The minimum Gasteiger partial charge on any atom is -0.356 e. The van der Waals surface area contributed by atoms with Crippen LogP contribution in [-0.2, 0) is 6.18 Å². The molecule has 0 amide bonds. The van der Waals surface area contributed by atoms with Crippen molar-refractivity contribution in [2.75, 3.05) is 26.2 Å². The van der Waals surface area contributed by atoms with Gasteiger partial charge in [-0.25, -0.2) is 9.98 Å². The van der Waals surface area contributed by atoms with Crippen LogP contribution in [0.5, 0.6) is 0 Å². The molecule has 1 N–H and O–H groups in total. The number of nitrogens with one attached hydrogen (secondary N) is 1. The first-order valence-corrected chi connectivity index (χ1v) is 10.0. The third-order valence-corrected chi connectivity index (χ3v) is 5.21. The first-order valence-electron chi connectivity index (χ1n) is 10.0. The Bertz CT molecular complexity index is 898. The maximum atomic E-state index is 12.6.